The smallest absolute Gasteiger partial charge is 0.338 e. The lowest BCUT2D eigenvalue weighted by atomic mass is 10.1. The van der Waals surface area contributed by atoms with Gasteiger partial charge in [0.1, 0.15) is 0 Å². The zero-order valence-electron chi connectivity index (χ0n) is 13.7. The van der Waals surface area contributed by atoms with Crippen molar-refractivity contribution in [2.75, 3.05) is 26.4 Å². The van der Waals surface area contributed by atoms with Crippen molar-refractivity contribution in [3.63, 3.8) is 0 Å². The highest BCUT2D eigenvalue weighted by Gasteiger charge is 2.10. The molecule has 3 N–H and O–H groups in total. The molecule has 0 saturated carbocycles. The fraction of sp³-hybridized carbons (Fsp3) is 0.353. The average Bonchev–Trinajstić information content (AvgIpc) is 2.62. The number of carboxylic acids is 1. The second kappa shape index (κ2) is 13.7. The lowest BCUT2D eigenvalue weighted by molar-refractivity contribution is -0.131. The number of carbonyl (C=O) groups excluding carboxylic acids is 2. The maximum Gasteiger partial charge on any atom is 0.338 e. The van der Waals surface area contributed by atoms with Crippen LogP contribution in [0.5, 0.6) is 0 Å². The third-order valence-electron chi connectivity index (χ3n) is 2.60. The third-order valence-corrected chi connectivity index (χ3v) is 2.60. The molecule has 0 amide bonds. The summed E-state index contributed by atoms with van der Waals surface area (Å²) in [6.45, 7) is 3.20. The van der Waals surface area contributed by atoms with Gasteiger partial charge < -0.3 is 24.8 Å². The lowest BCUT2D eigenvalue weighted by Crippen LogP contribution is -2.10. The number of hydrogen-bond donors (Lipinski definition) is 3. The zero-order chi connectivity index (χ0) is 19.1. The fourth-order valence-corrected chi connectivity index (χ4v) is 1.37. The number of aliphatic carboxylic acids is 1. The predicted octanol–water partition coefficient (Wildman–Crippen LogP) is 1.02. The molecular weight excluding hydrogens is 332 g/mol. The van der Waals surface area contributed by atoms with E-state index in [1.807, 2.05) is 0 Å². The molecular formula is C17H22O8. The molecule has 0 aliphatic heterocycles. The van der Waals surface area contributed by atoms with Crippen molar-refractivity contribution in [3.8, 4) is 0 Å². The molecule has 1 aromatic carbocycles. The van der Waals surface area contributed by atoms with Gasteiger partial charge in [0.05, 0.1) is 24.3 Å². The molecule has 0 bridgehead atoms. The van der Waals surface area contributed by atoms with E-state index in [4.69, 9.17) is 24.8 Å². The van der Waals surface area contributed by atoms with Gasteiger partial charge in [-0.3, -0.25) is 0 Å². The third kappa shape index (κ3) is 10.6. The maximum absolute atomic E-state index is 11.6. The standard InChI is InChI=1S/C14H18O6.C3H4O2/c15-7-1-9-19-13(17)11-3-5-12(6-4-11)14(18)20-10-2-8-16;1-2-3(4)5/h3-6,15-16H,1-2,7-10H2;2H,1H2,(H,4,5). The van der Waals surface area contributed by atoms with Crippen LogP contribution in [0.3, 0.4) is 0 Å². The van der Waals surface area contributed by atoms with Gasteiger partial charge in [0.2, 0.25) is 0 Å². The minimum Gasteiger partial charge on any atom is -0.478 e. The van der Waals surface area contributed by atoms with Crippen LogP contribution in [0, 0.1) is 0 Å². The van der Waals surface area contributed by atoms with Crippen LogP contribution in [-0.4, -0.2) is 59.7 Å². The van der Waals surface area contributed by atoms with Crippen LogP contribution in [0.15, 0.2) is 36.9 Å². The molecule has 0 unspecified atom stereocenters. The van der Waals surface area contributed by atoms with Crippen molar-refractivity contribution in [2.45, 2.75) is 12.8 Å². The highest BCUT2D eigenvalue weighted by molar-refractivity contribution is 5.93. The minimum absolute atomic E-state index is 0.0358. The summed E-state index contributed by atoms with van der Waals surface area (Å²) >= 11 is 0. The number of esters is 2. The number of aliphatic hydroxyl groups excluding tert-OH is 2. The first kappa shape index (κ1) is 22.3. The van der Waals surface area contributed by atoms with Crippen molar-refractivity contribution in [1.29, 1.82) is 0 Å². The molecule has 8 nitrogen and oxygen atoms in total. The van der Waals surface area contributed by atoms with Crippen LogP contribution >= 0.6 is 0 Å². The minimum atomic E-state index is -0.981. The normalized spacial score (nSPS) is 9.36. The number of carboxylic acid groups (broad SMARTS) is 1. The highest BCUT2D eigenvalue weighted by Crippen LogP contribution is 2.08. The number of rotatable bonds is 9. The van der Waals surface area contributed by atoms with Crippen molar-refractivity contribution >= 4 is 17.9 Å². The molecule has 0 aliphatic rings. The maximum atomic E-state index is 11.6. The molecule has 0 radical (unpaired) electrons. The van der Waals surface area contributed by atoms with Gasteiger partial charge in [-0.25, -0.2) is 14.4 Å². The number of aliphatic hydroxyl groups is 2. The average molecular weight is 354 g/mol. The summed E-state index contributed by atoms with van der Waals surface area (Å²) in [5.41, 5.74) is 0.657. The van der Waals surface area contributed by atoms with E-state index >= 15 is 0 Å². The Morgan fingerprint density at radius 1 is 0.880 bits per heavy atom. The van der Waals surface area contributed by atoms with Gasteiger partial charge in [0, 0.05) is 32.1 Å². The summed E-state index contributed by atoms with van der Waals surface area (Å²) in [6, 6.07) is 5.90. The van der Waals surface area contributed by atoms with Gasteiger partial charge in [-0.15, -0.1) is 0 Å². The van der Waals surface area contributed by atoms with Crippen LogP contribution in [0.2, 0.25) is 0 Å². The van der Waals surface area contributed by atoms with Crippen LogP contribution < -0.4 is 0 Å². The van der Waals surface area contributed by atoms with E-state index in [0.717, 1.165) is 6.08 Å². The number of benzene rings is 1. The Morgan fingerprint density at radius 2 is 1.20 bits per heavy atom. The summed E-state index contributed by atoms with van der Waals surface area (Å²) < 4.78 is 9.81. The highest BCUT2D eigenvalue weighted by atomic mass is 16.5. The molecule has 0 saturated heterocycles. The molecule has 1 rings (SSSR count). The van der Waals surface area contributed by atoms with Gasteiger partial charge in [-0.05, 0) is 24.3 Å². The molecule has 0 aromatic heterocycles. The Hall–Kier alpha value is -2.71. The van der Waals surface area contributed by atoms with E-state index in [-0.39, 0.29) is 26.4 Å². The van der Waals surface area contributed by atoms with Crippen LogP contribution in [0.4, 0.5) is 0 Å². The molecule has 1 aromatic rings. The molecule has 138 valence electrons. The van der Waals surface area contributed by atoms with Gasteiger partial charge >= 0.3 is 17.9 Å². The molecule has 0 aliphatic carbocycles. The first-order chi connectivity index (χ1) is 12.0. The van der Waals surface area contributed by atoms with E-state index in [9.17, 15) is 14.4 Å². The van der Waals surface area contributed by atoms with Gasteiger partial charge in [0.25, 0.3) is 0 Å². The fourth-order valence-electron chi connectivity index (χ4n) is 1.37. The topological polar surface area (TPSA) is 130 Å². The molecule has 8 heteroatoms. The summed E-state index contributed by atoms with van der Waals surface area (Å²) in [7, 11) is 0. The largest absolute Gasteiger partial charge is 0.478 e. The van der Waals surface area contributed by atoms with Crippen molar-refractivity contribution in [3.05, 3.63) is 48.0 Å². The first-order valence-corrected chi connectivity index (χ1v) is 7.47. The van der Waals surface area contributed by atoms with E-state index in [2.05, 4.69) is 6.58 Å². The molecule has 0 spiro atoms. The summed E-state index contributed by atoms with van der Waals surface area (Å²) in [6.07, 6.45) is 1.61. The van der Waals surface area contributed by atoms with E-state index in [1.54, 1.807) is 0 Å². The van der Waals surface area contributed by atoms with E-state index in [0.29, 0.717) is 24.0 Å². The lowest BCUT2D eigenvalue weighted by Gasteiger charge is -2.06. The summed E-state index contributed by atoms with van der Waals surface area (Å²) in [4.78, 5) is 32.4. The predicted molar refractivity (Wildman–Crippen MR) is 88.2 cm³/mol. The molecule has 0 heterocycles. The summed E-state index contributed by atoms with van der Waals surface area (Å²) in [5.74, 6) is -1.98. The number of carbonyl (C=O) groups is 3. The van der Waals surface area contributed by atoms with Gasteiger partial charge in [-0.2, -0.15) is 0 Å². The van der Waals surface area contributed by atoms with Crippen LogP contribution in [0.25, 0.3) is 0 Å². The zero-order valence-corrected chi connectivity index (χ0v) is 13.7. The van der Waals surface area contributed by atoms with Gasteiger partial charge in [-0.1, -0.05) is 6.58 Å². The molecule has 0 fully saturated rings. The van der Waals surface area contributed by atoms with Gasteiger partial charge in [0.15, 0.2) is 0 Å². The Bertz CT molecular complexity index is 509. The Morgan fingerprint density at radius 3 is 1.44 bits per heavy atom. The van der Waals surface area contributed by atoms with Crippen molar-refractivity contribution < 1.29 is 39.2 Å². The Labute approximate surface area is 145 Å². The quantitative estimate of drug-likeness (QED) is 0.340. The number of ether oxygens (including phenoxy) is 2. The Balaban J connectivity index is 0.00000101. The van der Waals surface area contributed by atoms with Crippen molar-refractivity contribution in [1.82, 2.24) is 0 Å². The molecule has 0 atom stereocenters. The van der Waals surface area contributed by atoms with Crippen molar-refractivity contribution in [2.24, 2.45) is 0 Å². The van der Waals surface area contributed by atoms with E-state index < -0.39 is 17.9 Å². The summed E-state index contributed by atoms with van der Waals surface area (Å²) in [5, 5.41) is 24.8. The van der Waals surface area contributed by atoms with Crippen LogP contribution in [0.1, 0.15) is 33.6 Å². The first-order valence-electron chi connectivity index (χ1n) is 7.47. The molecule has 25 heavy (non-hydrogen) atoms. The second-order valence-corrected chi connectivity index (χ2v) is 4.55. The SMILES string of the molecule is C=CC(=O)O.O=C(OCCCO)c1ccc(C(=O)OCCCO)cc1. The monoisotopic (exact) mass is 354 g/mol. The number of hydrogen-bond acceptors (Lipinski definition) is 7. The second-order valence-electron chi connectivity index (χ2n) is 4.55. The van der Waals surface area contributed by atoms with E-state index in [1.165, 1.54) is 24.3 Å². The van der Waals surface area contributed by atoms with Crippen LogP contribution in [-0.2, 0) is 14.3 Å². The Kier molecular flexibility index (Phi) is 12.2.